The molecule has 0 radical (unpaired) electrons. The van der Waals surface area contributed by atoms with Crippen molar-refractivity contribution in [1.29, 1.82) is 0 Å². The number of aromatic amines is 2. The van der Waals surface area contributed by atoms with Crippen molar-refractivity contribution < 1.29 is 9.53 Å². The minimum absolute atomic E-state index is 0.151. The first kappa shape index (κ1) is 13.6. The lowest BCUT2D eigenvalue weighted by Gasteiger charge is -2.05. The maximum atomic E-state index is 11.6. The summed E-state index contributed by atoms with van der Waals surface area (Å²) in [6, 6.07) is 4.20. The highest BCUT2D eigenvalue weighted by Crippen LogP contribution is 2.11. The highest BCUT2D eigenvalue weighted by Gasteiger charge is 2.11. The van der Waals surface area contributed by atoms with Gasteiger partial charge in [-0.05, 0) is 18.2 Å². The number of hydrogen-bond acceptors (Lipinski definition) is 4. The molecule has 0 saturated carbocycles. The molecule has 2 aromatic rings. The van der Waals surface area contributed by atoms with Gasteiger partial charge in [-0.3, -0.25) is 9.78 Å². The minimum Gasteiger partial charge on any atom is -0.459 e. The quantitative estimate of drug-likeness (QED) is 0.658. The number of ether oxygens (including phenoxy) is 1. The van der Waals surface area contributed by atoms with Gasteiger partial charge >= 0.3 is 11.7 Å². The van der Waals surface area contributed by atoms with Crippen LogP contribution in [0.2, 0.25) is 0 Å². The summed E-state index contributed by atoms with van der Waals surface area (Å²) in [6.07, 6.45) is 0. The van der Waals surface area contributed by atoms with Gasteiger partial charge in [0.1, 0.15) is 11.4 Å². The molecule has 0 spiro atoms. The number of carbonyl (C=O) groups is 1. The standard InChI is InChI=1S/C11H8Cl2N2O4/c12-8(13)4-19-10(17)5-1-2-7-6(3-5)9(16)15-11(18)14-7/h1-3,8H,4H2,(H2,14,15,16,18). The largest absolute Gasteiger partial charge is 0.459 e. The number of alkyl halides is 2. The van der Waals surface area contributed by atoms with Gasteiger partial charge in [0, 0.05) is 0 Å². The van der Waals surface area contributed by atoms with Crippen LogP contribution in [0.25, 0.3) is 10.9 Å². The molecule has 6 nitrogen and oxygen atoms in total. The van der Waals surface area contributed by atoms with E-state index in [4.69, 9.17) is 27.9 Å². The van der Waals surface area contributed by atoms with Crippen LogP contribution in [0, 0.1) is 0 Å². The molecule has 0 unspecified atom stereocenters. The first-order valence-electron chi connectivity index (χ1n) is 5.19. The zero-order valence-electron chi connectivity index (χ0n) is 9.41. The highest BCUT2D eigenvalue weighted by atomic mass is 35.5. The molecule has 0 aliphatic rings. The van der Waals surface area contributed by atoms with E-state index in [1.807, 2.05) is 0 Å². The predicted octanol–water partition coefficient (Wildman–Crippen LogP) is 1.18. The van der Waals surface area contributed by atoms with Crippen LogP contribution < -0.4 is 11.2 Å². The molecule has 100 valence electrons. The van der Waals surface area contributed by atoms with Gasteiger partial charge < -0.3 is 9.72 Å². The van der Waals surface area contributed by atoms with Crippen molar-refractivity contribution in [2.75, 3.05) is 6.61 Å². The van der Waals surface area contributed by atoms with Crippen molar-refractivity contribution >= 4 is 40.1 Å². The van der Waals surface area contributed by atoms with Gasteiger partial charge in [0.15, 0.2) is 0 Å². The summed E-state index contributed by atoms with van der Waals surface area (Å²) in [5, 5.41) is 0.183. The van der Waals surface area contributed by atoms with E-state index in [1.54, 1.807) is 0 Å². The number of benzene rings is 1. The fourth-order valence-corrected chi connectivity index (χ4v) is 1.64. The Kier molecular flexibility index (Phi) is 3.92. The normalized spacial score (nSPS) is 10.9. The molecule has 2 N–H and O–H groups in total. The Morgan fingerprint density at radius 1 is 1.26 bits per heavy atom. The zero-order chi connectivity index (χ0) is 14.0. The van der Waals surface area contributed by atoms with E-state index in [0.717, 1.165) is 0 Å². The first-order chi connectivity index (χ1) is 8.97. The van der Waals surface area contributed by atoms with Crippen LogP contribution in [0.15, 0.2) is 27.8 Å². The molecule has 2 rings (SSSR count). The SMILES string of the molecule is O=C(OCC(Cl)Cl)c1ccc2[nH]c(=O)[nH]c(=O)c2c1. The second-order valence-corrected chi connectivity index (χ2v) is 4.94. The average Bonchev–Trinajstić information content (AvgIpc) is 2.35. The number of nitrogens with one attached hydrogen (secondary N) is 2. The van der Waals surface area contributed by atoms with Crippen LogP contribution in [-0.2, 0) is 4.74 Å². The maximum Gasteiger partial charge on any atom is 0.338 e. The van der Waals surface area contributed by atoms with E-state index in [1.165, 1.54) is 18.2 Å². The third-order valence-electron chi connectivity index (χ3n) is 2.32. The van der Waals surface area contributed by atoms with Crippen LogP contribution >= 0.6 is 23.2 Å². The van der Waals surface area contributed by atoms with Gasteiger partial charge in [-0.2, -0.15) is 0 Å². The van der Waals surface area contributed by atoms with Crippen molar-refractivity contribution in [3.8, 4) is 0 Å². The van der Waals surface area contributed by atoms with Crippen molar-refractivity contribution in [3.05, 3.63) is 44.6 Å². The van der Waals surface area contributed by atoms with E-state index in [9.17, 15) is 14.4 Å². The molecule has 0 saturated heterocycles. The molecule has 0 atom stereocenters. The van der Waals surface area contributed by atoms with Crippen molar-refractivity contribution in [2.45, 2.75) is 4.84 Å². The number of hydrogen-bond donors (Lipinski definition) is 2. The summed E-state index contributed by atoms with van der Waals surface area (Å²) in [7, 11) is 0. The third-order valence-corrected chi connectivity index (χ3v) is 2.57. The molecule has 19 heavy (non-hydrogen) atoms. The number of esters is 1. The number of halogens is 2. The number of H-pyrrole nitrogens is 2. The Labute approximate surface area is 116 Å². The summed E-state index contributed by atoms with van der Waals surface area (Å²) < 4.78 is 4.82. The van der Waals surface area contributed by atoms with Gasteiger partial charge in [0.25, 0.3) is 5.56 Å². The van der Waals surface area contributed by atoms with Gasteiger partial charge in [-0.1, -0.05) is 0 Å². The van der Waals surface area contributed by atoms with Crippen LogP contribution in [0.3, 0.4) is 0 Å². The van der Waals surface area contributed by atoms with Crippen molar-refractivity contribution in [1.82, 2.24) is 9.97 Å². The number of fused-ring (bicyclic) bond motifs is 1. The van der Waals surface area contributed by atoms with Crippen LogP contribution in [0.5, 0.6) is 0 Å². The van der Waals surface area contributed by atoms with E-state index < -0.39 is 22.1 Å². The lowest BCUT2D eigenvalue weighted by Crippen LogP contribution is -2.22. The topological polar surface area (TPSA) is 92.0 Å². The molecule has 0 aliphatic heterocycles. The fourth-order valence-electron chi connectivity index (χ4n) is 1.51. The van der Waals surface area contributed by atoms with Gasteiger partial charge in [-0.25, -0.2) is 9.59 Å². The third kappa shape index (κ3) is 3.15. The second kappa shape index (κ2) is 5.46. The molecule has 0 aliphatic carbocycles. The van der Waals surface area contributed by atoms with E-state index >= 15 is 0 Å². The number of rotatable bonds is 3. The summed E-state index contributed by atoms with van der Waals surface area (Å²) in [4.78, 5) is 38.0. The van der Waals surface area contributed by atoms with Gasteiger partial charge in [0.05, 0.1) is 16.5 Å². The van der Waals surface area contributed by atoms with E-state index in [0.29, 0.717) is 5.52 Å². The van der Waals surface area contributed by atoms with Crippen molar-refractivity contribution in [3.63, 3.8) is 0 Å². The molecule has 0 bridgehead atoms. The predicted molar refractivity (Wildman–Crippen MR) is 71.0 cm³/mol. The van der Waals surface area contributed by atoms with E-state index in [-0.39, 0.29) is 17.6 Å². The molecule has 1 aromatic carbocycles. The molecule has 8 heteroatoms. The summed E-state index contributed by atoms with van der Waals surface area (Å²) >= 11 is 10.9. The average molecular weight is 303 g/mol. The zero-order valence-corrected chi connectivity index (χ0v) is 10.9. The lowest BCUT2D eigenvalue weighted by atomic mass is 10.1. The Hall–Kier alpha value is -1.79. The number of aromatic nitrogens is 2. The Balaban J connectivity index is 2.39. The van der Waals surface area contributed by atoms with Gasteiger partial charge in [0.2, 0.25) is 0 Å². The van der Waals surface area contributed by atoms with E-state index in [2.05, 4.69) is 9.97 Å². The lowest BCUT2D eigenvalue weighted by molar-refractivity contribution is 0.0521. The van der Waals surface area contributed by atoms with Crippen LogP contribution in [0.4, 0.5) is 0 Å². The van der Waals surface area contributed by atoms with Gasteiger partial charge in [-0.15, -0.1) is 23.2 Å². The first-order valence-corrected chi connectivity index (χ1v) is 6.06. The van der Waals surface area contributed by atoms with Crippen LogP contribution in [-0.4, -0.2) is 27.4 Å². The number of carbonyl (C=O) groups excluding carboxylic acids is 1. The molecule has 0 fully saturated rings. The highest BCUT2D eigenvalue weighted by molar-refractivity contribution is 6.44. The Bertz CT molecular complexity index is 735. The Morgan fingerprint density at radius 2 is 2.00 bits per heavy atom. The monoisotopic (exact) mass is 302 g/mol. The fraction of sp³-hybridized carbons (Fsp3) is 0.182. The summed E-state index contributed by atoms with van der Waals surface area (Å²) in [6.45, 7) is -0.151. The van der Waals surface area contributed by atoms with Crippen LogP contribution in [0.1, 0.15) is 10.4 Å². The smallest absolute Gasteiger partial charge is 0.338 e. The molecule has 1 heterocycles. The molecular weight excluding hydrogens is 295 g/mol. The Morgan fingerprint density at radius 3 is 2.68 bits per heavy atom. The molecule has 0 amide bonds. The minimum atomic E-state index is -0.816. The molecular formula is C11H8Cl2N2O4. The molecule has 1 aromatic heterocycles. The summed E-state index contributed by atoms with van der Waals surface area (Å²) in [5.74, 6) is -0.654. The maximum absolute atomic E-state index is 11.6. The summed E-state index contributed by atoms with van der Waals surface area (Å²) in [5.41, 5.74) is -0.696. The second-order valence-electron chi connectivity index (χ2n) is 3.66. The van der Waals surface area contributed by atoms with Crippen molar-refractivity contribution in [2.24, 2.45) is 0 Å².